The molecule has 0 bridgehead atoms. The third kappa shape index (κ3) is 5.43. The molecule has 3 nitrogen and oxygen atoms in total. The van der Waals surface area contributed by atoms with E-state index in [9.17, 15) is 8.78 Å². The van der Waals surface area contributed by atoms with E-state index in [1.54, 1.807) is 0 Å². The molecule has 6 heteroatoms. The van der Waals surface area contributed by atoms with Crippen molar-refractivity contribution in [3.63, 3.8) is 0 Å². The van der Waals surface area contributed by atoms with E-state index in [2.05, 4.69) is 16.8 Å². The summed E-state index contributed by atoms with van der Waals surface area (Å²) in [5.74, 6) is -0.822. The van der Waals surface area contributed by atoms with Gasteiger partial charge in [-0.05, 0) is 19.3 Å². The highest BCUT2D eigenvalue weighted by atomic mass is 35.5. The smallest absolute Gasteiger partial charge is 0.134 e. The van der Waals surface area contributed by atoms with Gasteiger partial charge in [0.2, 0.25) is 0 Å². The number of benzene rings is 1. The van der Waals surface area contributed by atoms with E-state index < -0.39 is 11.6 Å². The summed E-state index contributed by atoms with van der Waals surface area (Å²) in [6.45, 7) is 7.02. The van der Waals surface area contributed by atoms with Crippen molar-refractivity contribution in [3.05, 3.63) is 42.0 Å². The number of ether oxygens (including phenoxy) is 1. The SMILES string of the molecule is C=CCCCC[C@H](c1c(F)cc(OC)cc1F)N1CCNCC1.Cl. The van der Waals surface area contributed by atoms with Gasteiger partial charge in [-0.25, -0.2) is 8.78 Å². The highest BCUT2D eigenvalue weighted by molar-refractivity contribution is 5.85. The first-order valence-electron chi connectivity index (χ1n) is 8.26. The van der Waals surface area contributed by atoms with Gasteiger partial charge in [0, 0.05) is 49.9 Å². The van der Waals surface area contributed by atoms with E-state index in [-0.39, 0.29) is 29.8 Å². The number of allylic oxidation sites excluding steroid dienone is 1. The molecule has 1 N–H and O–H groups in total. The number of piperazine rings is 1. The number of hydrogen-bond donors (Lipinski definition) is 1. The maximum absolute atomic E-state index is 14.5. The van der Waals surface area contributed by atoms with Gasteiger partial charge in [0.25, 0.3) is 0 Å². The molecule has 1 aliphatic rings. The summed E-state index contributed by atoms with van der Waals surface area (Å²) in [6, 6.07) is 2.32. The minimum atomic E-state index is -0.519. The summed E-state index contributed by atoms with van der Waals surface area (Å²) in [4.78, 5) is 2.18. The van der Waals surface area contributed by atoms with Crippen molar-refractivity contribution >= 4 is 12.4 Å². The Morgan fingerprint density at radius 2 is 1.88 bits per heavy atom. The standard InChI is InChI=1S/C18H26F2N2O.ClH/c1-3-4-5-6-7-17(22-10-8-21-9-11-22)18-15(19)12-14(23-2)13-16(18)20;/h3,12-13,17,21H,1,4-11H2,2H3;1H/t17-;/m1./s1. The van der Waals surface area contributed by atoms with Crippen molar-refractivity contribution in [2.75, 3.05) is 33.3 Å². The Kier molecular flexibility index (Phi) is 9.26. The third-order valence-electron chi connectivity index (χ3n) is 4.35. The van der Waals surface area contributed by atoms with Crippen LogP contribution in [0.5, 0.6) is 5.75 Å². The summed E-state index contributed by atoms with van der Waals surface area (Å²) in [5, 5.41) is 3.28. The lowest BCUT2D eigenvalue weighted by Gasteiger charge is -2.35. The molecule has 0 aromatic heterocycles. The maximum Gasteiger partial charge on any atom is 0.134 e. The molecule has 0 radical (unpaired) electrons. The predicted octanol–water partition coefficient (Wildman–Crippen LogP) is 4.09. The molecule has 0 spiro atoms. The van der Waals surface area contributed by atoms with Gasteiger partial charge in [-0.3, -0.25) is 4.90 Å². The Morgan fingerprint density at radius 3 is 2.42 bits per heavy atom. The molecule has 1 aromatic rings. The minimum Gasteiger partial charge on any atom is -0.497 e. The van der Waals surface area contributed by atoms with Crippen LogP contribution < -0.4 is 10.1 Å². The van der Waals surface area contributed by atoms with Crippen molar-refractivity contribution < 1.29 is 13.5 Å². The van der Waals surface area contributed by atoms with Crippen LogP contribution in [0.15, 0.2) is 24.8 Å². The molecule has 136 valence electrons. The Morgan fingerprint density at radius 1 is 1.25 bits per heavy atom. The molecule has 1 atom stereocenters. The molecule has 1 heterocycles. The van der Waals surface area contributed by atoms with Gasteiger partial charge in [0.1, 0.15) is 17.4 Å². The van der Waals surface area contributed by atoms with Crippen LogP contribution in [0.3, 0.4) is 0 Å². The van der Waals surface area contributed by atoms with Gasteiger partial charge < -0.3 is 10.1 Å². The monoisotopic (exact) mass is 360 g/mol. The molecule has 0 aliphatic carbocycles. The highest BCUT2D eigenvalue weighted by Gasteiger charge is 2.27. The molecular formula is C18H27ClF2N2O. The Balaban J connectivity index is 0.00000288. The second-order valence-corrected chi connectivity index (χ2v) is 5.88. The largest absolute Gasteiger partial charge is 0.497 e. The van der Waals surface area contributed by atoms with Gasteiger partial charge in [-0.1, -0.05) is 12.5 Å². The zero-order valence-electron chi connectivity index (χ0n) is 14.2. The fourth-order valence-corrected chi connectivity index (χ4v) is 3.13. The zero-order valence-corrected chi connectivity index (χ0v) is 15.0. The molecule has 1 saturated heterocycles. The number of rotatable bonds is 8. The topological polar surface area (TPSA) is 24.5 Å². The van der Waals surface area contributed by atoms with Gasteiger partial charge in [0.15, 0.2) is 0 Å². The van der Waals surface area contributed by atoms with Crippen LogP contribution in [0.25, 0.3) is 0 Å². The molecule has 1 fully saturated rings. The van der Waals surface area contributed by atoms with Crippen LogP contribution in [0.4, 0.5) is 8.78 Å². The van der Waals surface area contributed by atoms with Crippen molar-refractivity contribution in [1.82, 2.24) is 10.2 Å². The number of nitrogens with one attached hydrogen (secondary N) is 1. The molecule has 0 unspecified atom stereocenters. The molecule has 1 aliphatic heterocycles. The first kappa shape index (κ1) is 20.9. The van der Waals surface area contributed by atoms with Crippen LogP contribution in [-0.4, -0.2) is 38.2 Å². The third-order valence-corrected chi connectivity index (χ3v) is 4.35. The predicted molar refractivity (Wildman–Crippen MR) is 96.0 cm³/mol. The number of unbranched alkanes of at least 4 members (excludes halogenated alkanes) is 2. The molecular weight excluding hydrogens is 334 g/mol. The molecule has 0 saturated carbocycles. The molecule has 2 rings (SSSR count). The van der Waals surface area contributed by atoms with Gasteiger partial charge in [-0.15, -0.1) is 19.0 Å². The Hall–Kier alpha value is -1.17. The van der Waals surface area contributed by atoms with E-state index in [0.717, 1.165) is 51.9 Å². The van der Waals surface area contributed by atoms with Crippen molar-refractivity contribution in [1.29, 1.82) is 0 Å². The maximum atomic E-state index is 14.5. The molecule has 0 amide bonds. The van der Waals surface area contributed by atoms with Crippen molar-refractivity contribution in [2.24, 2.45) is 0 Å². The summed E-state index contributed by atoms with van der Waals surface area (Å²) in [7, 11) is 1.41. The number of halogens is 3. The van der Waals surface area contributed by atoms with Crippen molar-refractivity contribution in [3.8, 4) is 5.75 Å². The van der Waals surface area contributed by atoms with Gasteiger partial charge in [-0.2, -0.15) is 0 Å². The zero-order chi connectivity index (χ0) is 16.7. The summed E-state index contributed by atoms with van der Waals surface area (Å²) >= 11 is 0. The number of nitrogens with zero attached hydrogens (tertiary/aromatic N) is 1. The first-order valence-corrected chi connectivity index (χ1v) is 8.26. The second-order valence-electron chi connectivity index (χ2n) is 5.88. The van der Waals surface area contributed by atoms with E-state index in [4.69, 9.17) is 4.74 Å². The van der Waals surface area contributed by atoms with Crippen molar-refractivity contribution in [2.45, 2.75) is 31.7 Å². The minimum absolute atomic E-state index is 0. The average Bonchev–Trinajstić information content (AvgIpc) is 2.57. The summed E-state index contributed by atoms with van der Waals surface area (Å²) in [6.07, 6.45) is 5.47. The Labute approximate surface area is 149 Å². The first-order chi connectivity index (χ1) is 11.2. The van der Waals surface area contributed by atoms with Crippen LogP contribution >= 0.6 is 12.4 Å². The van der Waals surface area contributed by atoms with Crippen LogP contribution in [-0.2, 0) is 0 Å². The lowest BCUT2D eigenvalue weighted by atomic mass is 9.96. The number of hydrogen-bond acceptors (Lipinski definition) is 3. The molecule has 24 heavy (non-hydrogen) atoms. The lowest BCUT2D eigenvalue weighted by molar-refractivity contribution is 0.156. The second kappa shape index (κ2) is 10.6. The normalized spacial score (nSPS) is 16.3. The van der Waals surface area contributed by atoms with E-state index in [0.29, 0.717) is 0 Å². The van der Waals surface area contributed by atoms with E-state index in [1.807, 2.05) is 6.08 Å². The van der Waals surface area contributed by atoms with Crippen LogP contribution in [0.2, 0.25) is 0 Å². The fraction of sp³-hybridized carbons (Fsp3) is 0.556. The molecule has 1 aromatic carbocycles. The highest BCUT2D eigenvalue weighted by Crippen LogP contribution is 2.33. The lowest BCUT2D eigenvalue weighted by Crippen LogP contribution is -2.45. The fourth-order valence-electron chi connectivity index (χ4n) is 3.13. The average molecular weight is 361 g/mol. The van der Waals surface area contributed by atoms with Crippen LogP contribution in [0.1, 0.15) is 37.3 Å². The quantitative estimate of drug-likeness (QED) is 0.558. The van der Waals surface area contributed by atoms with E-state index >= 15 is 0 Å². The number of methoxy groups -OCH3 is 1. The Bertz CT molecular complexity index is 499. The van der Waals surface area contributed by atoms with Gasteiger partial charge in [0.05, 0.1) is 7.11 Å². The van der Waals surface area contributed by atoms with E-state index in [1.165, 1.54) is 19.2 Å². The summed E-state index contributed by atoms with van der Waals surface area (Å²) in [5.41, 5.74) is 0.173. The van der Waals surface area contributed by atoms with Crippen LogP contribution in [0, 0.1) is 11.6 Å². The van der Waals surface area contributed by atoms with Gasteiger partial charge >= 0.3 is 0 Å². The summed E-state index contributed by atoms with van der Waals surface area (Å²) < 4.78 is 34.0.